The van der Waals surface area contributed by atoms with E-state index in [0.717, 1.165) is 19.3 Å². The quantitative estimate of drug-likeness (QED) is 0.803. The Kier molecular flexibility index (Phi) is 4.20. The third kappa shape index (κ3) is 4.88. The summed E-state index contributed by atoms with van der Waals surface area (Å²) in [5.41, 5.74) is 0.377. The summed E-state index contributed by atoms with van der Waals surface area (Å²) in [6, 6.07) is 0.117. The molecule has 0 heterocycles. The molecule has 1 aliphatic rings. The summed E-state index contributed by atoms with van der Waals surface area (Å²) in [5, 5.41) is 11.5. The SMILES string of the molecule is CC1(C)CC(NCC(F)(F)CO)CC(C)(C)C1. The first-order valence-electron chi connectivity index (χ1n) is 6.27. The molecule has 0 saturated heterocycles. The highest BCUT2D eigenvalue weighted by atomic mass is 19.3. The normalized spacial score (nSPS) is 24.9. The zero-order valence-corrected chi connectivity index (χ0v) is 11.3. The maximum Gasteiger partial charge on any atom is 0.282 e. The molecule has 102 valence electrons. The van der Waals surface area contributed by atoms with Gasteiger partial charge < -0.3 is 10.4 Å². The molecule has 2 N–H and O–H groups in total. The van der Waals surface area contributed by atoms with Gasteiger partial charge in [0, 0.05) is 6.04 Å². The number of hydrogen-bond donors (Lipinski definition) is 2. The van der Waals surface area contributed by atoms with Crippen LogP contribution in [0, 0.1) is 10.8 Å². The smallest absolute Gasteiger partial charge is 0.282 e. The zero-order valence-electron chi connectivity index (χ0n) is 11.3. The summed E-state index contributed by atoms with van der Waals surface area (Å²) in [4.78, 5) is 0. The Morgan fingerprint density at radius 2 is 1.65 bits per heavy atom. The molecule has 4 heteroatoms. The molecule has 1 fully saturated rings. The lowest BCUT2D eigenvalue weighted by atomic mass is 9.63. The predicted octanol–water partition coefficient (Wildman–Crippen LogP) is 2.81. The van der Waals surface area contributed by atoms with Crippen molar-refractivity contribution >= 4 is 0 Å². The summed E-state index contributed by atoms with van der Waals surface area (Å²) in [5.74, 6) is -3.01. The van der Waals surface area contributed by atoms with Crippen molar-refractivity contribution in [3.63, 3.8) is 0 Å². The van der Waals surface area contributed by atoms with E-state index in [4.69, 9.17) is 5.11 Å². The van der Waals surface area contributed by atoms with Crippen LogP contribution in [0.5, 0.6) is 0 Å². The molecule has 0 bridgehead atoms. The van der Waals surface area contributed by atoms with Crippen molar-refractivity contribution in [3.8, 4) is 0 Å². The van der Waals surface area contributed by atoms with Crippen LogP contribution in [0.3, 0.4) is 0 Å². The fraction of sp³-hybridized carbons (Fsp3) is 1.00. The van der Waals surface area contributed by atoms with Crippen LogP contribution in [0.4, 0.5) is 8.78 Å². The first-order valence-corrected chi connectivity index (χ1v) is 6.27. The second-order valence-electron chi connectivity index (χ2n) is 7.01. The summed E-state index contributed by atoms with van der Waals surface area (Å²) in [7, 11) is 0. The fourth-order valence-electron chi connectivity index (χ4n) is 3.34. The van der Waals surface area contributed by atoms with Gasteiger partial charge in [0.1, 0.15) is 6.61 Å². The predicted molar refractivity (Wildman–Crippen MR) is 65.2 cm³/mol. The monoisotopic (exact) mass is 249 g/mol. The number of halogens is 2. The lowest BCUT2D eigenvalue weighted by Crippen LogP contribution is -2.48. The van der Waals surface area contributed by atoms with Gasteiger partial charge in [0.25, 0.3) is 5.92 Å². The second-order valence-corrected chi connectivity index (χ2v) is 7.01. The molecule has 0 radical (unpaired) electrons. The molecule has 2 nitrogen and oxygen atoms in total. The summed E-state index contributed by atoms with van der Waals surface area (Å²) in [6.07, 6.45) is 2.95. The van der Waals surface area contributed by atoms with Crippen molar-refractivity contribution in [2.24, 2.45) is 10.8 Å². The zero-order chi connectivity index (χ0) is 13.3. The first kappa shape index (κ1) is 14.8. The van der Waals surface area contributed by atoms with Crippen LogP contribution >= 0.6 is 0 Å². The van der Waals surface area contributed by atoms with E-state index in [1.54, 1.807) is 0 Å². The molecule has 1 aliphatic carbocycles. The van der Waals surface area contributed by atoms with Crippen molar-refractivity contribution in [1.82, 2.24) is 5.32 Å². The molecule has 1 rings (SSSR count). The molecule has 0 aliphatic heterocycles. The minimum Gasteiger partial charge on any atom is -0.390 e. The Bertz CT molecular complexity index is 248. The van der Waals surface area contributed by atoms with E-state index in [0.29, 0.717) is 0 Å². The third-order valence-electron chi connectivity index (χ3n) is 3.44. The van der Waals surface area contributed by atoms with Crippen LogP contribution in [0.25, 0.3) is 0 Å². The number of nitrogens with one attached hydrogen (secondary N) is 1. The molecular weight excluding hydrogens is 224 g/mol. The highest BCUT2D eigenvalue weighted by Crippen LogP contribution is 2.45. The Hall–Kier alpha value is -0.220. The molecular formula is C13H25F2NO. The average molecular weight is 249 g/mol. The Balaban J connectivity index is 2.54. The van der Waals surface area contributed by atoms with E-state index < -0.39 is 19.1 Å². The van der Waals surface area contributed by atoms with E-state index in [-0.39, 0.29) is 16.9 Å². The van der Waals surface area contributed by atoms with Crippen LogP contribution in [-0.2, 0) is 0 Å². The van der Waals surface area contributed by atoms with Crippen molar-refractivity contribution in [1.29, 1.82) is 0 Å². The molecule has 0 unspecified atom stereocenters. The maximum atomic E-state index is 13.0. The summed E-state index contributed by atoms with van der Waals surface area (Å²) in [6.45, 7) is 7.24. The molecule has 1 saturated carbocycles. The van der Waals surface area contributed by atoms with Gasteiger partial charge in [-0.3, -0.25) is 0 Å². The maximum absolute atomic E-state index is 13.0. The van der Waals surface area contributed by atoms with Gasteiger partial charge in [-0.1, -0.05) is 27.7 Å². The molecule has 0 amide bonds. The van der Waals surface area contributed by atoms with Crippen LogP contribution < -0.4 is 5.32 Å². The van der Waals surface area contributed by atoms with E-state index in [1.807, 2.05) is 0 Å². The number of alkyl halides is 2. The van der Waals surface area contributed by atoms with Gasteiger partial charge in [-0.25, -0.2) is 8.78 Å². The summed E-state index contributed by atoms with van der Waals surface area (Å²) >= 11 is 0. The van der Waals surface area contributed by atoms with Crippen molar-refractivity contribution in [2.45, 2.75) is 58.9 Å². The van der Waals surface area contributed by atoms with Gasteiger partial charge in [-0.2, -0.15) is 0 Å². The largest absolute Gasteiger partial charge is 0.390 e. The van der Waals surface area contributed by atoms with Crippen molar-refractivity contribution in [3.05, 3.63) is 0 Å². The van der Waals surface area contributed by atoms with Crippen LogP contribution in [0.15, 0.2) is 0 Å². The standard InChI is InChI=1S/C13H25F2NO/c1-11(2)5-10(6-12(3,4)7-11)16-8-13(14,15)9-17/h10,16-17H,5-9H2,1-4H3. The highest BCUT2D eigenvalue weighted by Gasteiger charge is 2.39. The number of hydrogen-bond acceptors (Lipinski definition) is 2. The van der Waals surface area contributed by atoms with Crippen LogP contribution in [-0.4, -0.2) is 30.2 Å². The lowest BCUT2D eigenvalue weighted by Gasteiger charge is -2.45. The fourth-order valence-corrected chi connectivity index (χ4v) is 3.34. The topological polar surface area (TPSA) is 32.3 Å². The second kappa shape index (κ2) is 4.81. The van der Waals surface area contributed by atoms with Gasteiger partial charge >= 0.3 is 0 Å². The van der Waals surface area contributed by atoms with Gasteiger partial charge in [0.2, 0.25) is 0 Å². The van der Waals surface area contributed by atoms with Crippen molar-refractivity contribution < 1.29 is 13.9 Å². The molecule has 17 heavy (non-hydrogen) atoms. The van der Waals surface area contributed by atoms with E-state index in [9.17, 15) is 8.78 Å². The average Bonchev–Trinajstić information content (AvgIpc) is 2.10. The third-order valence-corrected chi connectivity index (χ3v) is 3.44. The van der Waals surface area contributed by atoms with E-state index >= 15 is 0 Å². The highest BCUT2D eigenvalue weighted by molar-refractivity contribution is 4.92. The minimum absolute atomic E-state index is 0.117. The van der Waals surface area contributed by atoms with E-state index in [2.05, 4.69) is 33.0 Å². The molecule has 0 aromatic heterocycles. The molecule has 0 aromatic carbocycles. The van der Waals surface area contributed by atoms with Crippen LogP contribution in [0.2, 0.25) is 0 Å². The number of aliphatic hydroxyl groups is 1. The Morgan fingerprint density at radius 3 is 2.06 bits per heavy atom. The number of aliphatic hydroxyl groups excluding tert-OH is 1. The molecule has 0 aromatic rings. The minimum atomic E-state index is -3.01. The van der Waals surface area contributed by atoms with Gasteiger partial charge in [-0.05, 0) is 30.1 Å². The van der Waals surface area contributed by atoms with Crippen molar-refractivity contribution in [2.75, 3.05) is 13.2 Å². The van der Waals surface area contributed by atoms with Gasteiger partial charge in [0.05, 0.1) is 6.54 Å². The lowest BCUT2D eigenvalue weighted by molar-refractivity contribution is -0.0531. The summed E-state index contributed by atoms with van der Waals surface area (Å²) < 4.78 is 26.0. The van der Waals surface area contributed by atoms with Gasteiger partial charge in [-0.15, -0.1) is 0 Å². The molecule has 0 spiro atoms. The van der Waals surface area contributed by atoms with E-state index in [1.165, 1.54) is 0 Å². The van der Waals surface area contributed by atoms with Gasteiger partial charge in [0.15, 0.2) is 0 Å². The van der Waals surface area contributed by atoms with Crippen LogP contribution in [0.1, 0.15) is 47.0 Å². The first-order chi connectivity index (χ1) is 7.55. The Labute approximate surface area is 103 Å². The Morgan fingerprint density at radius 1 is 1.18 bits per heavy atom. The molecule has 0 atom stereocenters. The number of rotatable bonds is 4.